The smallest absolute Gasteiger partial charge is 0.260 e. The van der Waals surface area contributed by atoms with Crippen LogP contribution >= 0.6 is 0 Å². The number of carbonyl (C=O) groups is 1. The summed E-state index contributed by atoms with van der Waals surface area (Å²) in [6.07, 6.45) is 8.39. The molecule has 2 aromatic heterocycles. The van der Waals surface area contributed by atoms with Gasteiger partial charge in [0.25, 0.3) is 11.5 Å². The quantitative estimate of drug-likeness (QED) is 0.456. The summed E-state index contributed by atoms with van der Waals surface area (Å²) in [6.45, 7) is 10.1. The molecule has 3 aromatic rings. The van der Waals surface area contributed by atoms with Crippen LogP contribution in [0.4, 0.5) is 0 Å². The number of hydrogen-bond donors (Lipinski definition) is 1. The number of hydrogen-bond acceptors (Lipinski definition) is 4. The fourth-order valence-electron chi connectivity index (χ4n) is 3.47. The molecule has 156 valence electrons. The third-order valence-electron chi connectivity index (χ3n) is 5.05. The van der Waals surface area contributed by atoms with Crippen LogP contribution in [0.25, 0.3) is 21.7 Å². The van der Waals surface area contributed by atoms with Gasteiger partial charge in [-0.2, -0.15) is 0 Å². The van der Waals surface area contributed by atoms with E-state index in [0.717, 1.165) is 16.3 Å². The van der Waals surface area contributed by atoms with Crippen molar-refractivity contribution in [3.8, 4) is 0 Å². The van der Waals surface area contributed by atoms with Crippen molar-refractivity contribution in [2.24, 2.45) is 0 Å². The lowest BCUT2D eigenvalue weighted by atomic mass is 10.0. The number of ether oxygens (including phenoxy) is 1. The van der Waals surface area contributed by atoms with Gasteiger partial charge >= 0.3 is 0 Å². The molecule has 30 heavy (non-hydrogen) atoms. The third-order valence-corrected chi connectivity index (χ3v) is 5.05. The predicted molar refractivity (Wildman–Crippen MR) is 123 cm³/mol. The fourth-order valence-corrected chi connectivity index (χ4v) is 3.47. The molecule has 1 aromatic carbocycles. The molecule has 2 heterocycles. The number of nitrogens with zero attached hydrogens (tertiary/aromatic N) is 2. The van der Waals surface area contributed by atoms with Gasteiger partial charge in [0.1, 0.15) is 0 Å². The molecule has 0 aliphatic carbocycles. The summed E-state index contributed by atoms with van der Waals surface area (Å²) in [7, 11) is 1.59. The van der Waals surface area contributed by atoms with E-state index in [1.807, 2.05) is 19.1 Å². The maximum Gasteiger partial charge on any atom is 0.260 e. The molecule has 0 saturated carbocycles. The van der Waals surface area contributed by atoms with Crippen LogP contribution in [0.15, 0.2) is 78.4 Å². The molecular weight excluding hydrogens is 378 g/mol. The van der Waals surface area contributed by atoms with Gasteiger partial charge < -0.3 is 14.6 Å². The first kappa shape index (κ1) is 21.2. The highest BCUT2D eigenvalue weighted by Gasteiger charge is 2.16. The van der Waals surface area contributed by atoms with E-state index in [-0.39, 0.29) is 18.9 Å². The molecule has 0 spiro atoms. The standard InChI is InChI=1S/C24H25N3O3.H2/c1-5-7-17(6-2)16(3)26-23(28)18-8-9-20-19-10-11-25-15-21(19)24(29)27(12-13-30-4)22(20)14-18;/h5-11,14-16H,1-2,12-13H2,3-4H3,(H,26,28);1H/b17-7+;/t16-;/m1./s1. The maximum atomic E-state index is 13.0. The Hall–Kier alpha value is -3.51. The Kier molecular flexibility index (Phi) is 6.59. The molecule has 1 atom stereocenters. The van der Waals surface area contributed by atoms with Gasteiger partial charge in [-0.05, 0) is 36.1 Å². The van der Waals surface area contributed by atoms with E-state index < -0.39 is 0 Å². The van der Waals surface area contributed by atoms with Crippen molar-refractivity contribution in [2.45, 2.75) is 19.5 Å². The van der Waals surface area contributed by atoms with Crippen molar-refractivity contribution < 1.29 is 11.0 Å². The van der Waals surface area contributed by atoms with E-state index >= 15 is 0 Å². The Morgan fingerprint density at radius 1 is 1.30 bits per heavy atom. The number of methoxy groups -OCH3 is 1. The Bertz CT molecular complexity index is 1210. The van der Waals surface area contributed by atoms with Gasteiger partial charge in [-0.1, -0.05) is 37.5 Å². The molecule has 0 aliphatic rings. The van der Waals surface area contributed by atoms with E-state index in [0.29, 0.717) is 29.6 Å². The second kappa shape index (κ2) is 9.33. The van der Waals surface area contributed by atoms with Crippen molar-refractivity contribution in [3.63, 3.8) is 0 Å². The summed E-state index contributed by atoms with van der Waals surface area (Å²) in [5.41, 5.74) is 1.85. The van der Waals surface area contributed by atoms with Gasteiger partial charge in [0, 0.05) is 38.4 Å². The number of amides is 1. The van der Waals surface area contributed by atoms with Crippen LogP contribution in [0.3, 0.4) is 0 Å². The highest BCUT2D eigenvalue weighted by Crippen LogP contribution is 2.23. The van der Waals surface area contributed by atoms with E-state index in [1.54, 1.807) is 54.4 Å². The van der Waals surface area contributed by atoms with Crippen molar-refractivity contribution in [1.82, 2.24) is 14.9 Å². The molecule has 0 fully saturated rings. The lowest BCUT2D eigenvalue weighted by Crippen LogP contribution is -2.33. The summed E-state index contributed by atoms with van der Waals surface area (Å²) in [5, 5.41) is 5.19. The van der Waals surface area contributed by atoms with Crippen LogP contribution in [0, 0.1) is 0 Å². The largest absolute Gasteiger partial charge is 0.383 e. The molecule has 3 rings (SSSR count). The first-order valence-electron chi connectivity index (χ1n) is 9.67. The van der Waals surface area contributed by atoms with Gasteiger partial charge in [0.2, 0.25) is 0 Å². The van der Waals surface area contributed by atoms with Crippen LogP contribution in [0.2, 0.25) is 0 Å². The van der Waals surface area contributed by atoms with Crippen molar-refractivity contribution in [2.75, 3.05) is 13.7 Å². The minimum absolute atomic E-state index is 0. The lowest BCUT2D eigenvalue weighted by Gasteiger charge is -2.17. The van der Waals surface area contributed by atoms with Crippen molar-refractivity contribution >= 4 is 27.6 Å². The second-order valence-corrected chi connectivity index (χ2v) is 6.90. The minimum Gasteiger partial charge on any atom is -0.383 e. The average Bonchev–Trinajstić information content (AvgIpc) is 2.77. The number of benzene rings is 1. The molecule has 0 unspecified atom stereocenters. The lowest BCUT2D eigenvalue weighted by molar-refractivity contribution is 0.0946. The topological polar surface area (TPSA) is 73.2 Å². The van der Waals surface area contributed by atoms with Gasteiger partial charge in [0.15, 0.2) is 0 Å². The van der Waals surface area contributed by atoms with Crippen LogP contribution in [0.5, 0.6) is 0 Å². The highest BCUT2D eigenvalue weighted by atomic mass is 16.5. The van der Waals surface area contributed by atoms with E-state index in [9.17, 15) is 9.59 Å². The molecule has 0 aliphatic heterocycles. The third kappa shape index (κ3) is 4.09. The molecular formula is C24H27N3O3. The first-order valence-corrected chi connectivity index (χ1v) is 9.67. The summed E-state index contributed by atoms with van der Waals surface area (Å²) in [4.78, 5) is 30.0. The zero-order valence-electron chi connectivity index (χ0n) is 17.2. The number of aromatic nitrogens is 2. The monoisotopic (exact) mass is 405 g/mol. The zero-order chi connectivity index (χ0) is 21.7. The Balaban J connectivity index is 0.00000341. The summed E-state index contributed by atoms with van der Waals surface area (Å²) < 4.78 is 6.81. The molecule has 1 N–H and O–H groups in total. The van der Waals surface area contributed by atoms with E-state index in [4.69, 9.17) is 4.74 Å². The predicted octanol–water partition coefficient (Wildman–Crippen LogP) is 3.86. The van der Waals surface area contributed by atoms with Crippen LogP contribution < -0.4 is 10.9 Å². The minimum atomic E-state index is -0.234. The normalized spacial score (nSPS) is 12.7. The number of nitrogens with one attached hydrogen (secondary N) is 1. The van der Waals surface area contributed by atoms with Gasteiger partial charge in [-0.15, -0.1) is 0 Å². The summed E-state index contributed by atoms with van der Waals surface area (Å²) in [6, 6.07) is 6.97. The highest BCUT2D eigenvalue weighted by molar-refractivity contribution is 6.07. The van der Waals surface area contributed by atoms with E-state index in [2.05, 4.69) is 23.5 Å². The molecule has 1 amide bonds. The molecule has 0 saturated heterocycles. The summed E-state index contributed by atoms with van der Waals surface area (Å²) >= 11 is 0. The number of carbonyl (C=O) groups excluding carboxylic acids is 1. The molecule has 6 nitrogen and oxygen atoms in total. The summed E-state index contributed by atoms with van der Waals surface area (Å²) in [5.74, 6) is -0.234. The van der Waals surface area contributed by atoms with Crippen molar-refractivity contribution in [3.05, 3.63) is 89.5 Å². The van der Waals surface area contributed by atoms with Crippen LogP contribution in [0.1, 0.15) is 18.7 Å². The van der Waals surface area contributed by atoms with Crippen molar-refractivity contribution in [1.29, 1.82) is 0 Å². The van der Waals surface area contributed by atoms with Gasteiger partial charge in [-0.3, -0.25) is 14.6 Å². The average molecular weight is 405 g/mol. The van der Waals surface area contributed by atoms with Crippen LogP contribution in [-0.2, 0) is 11.3 Å². The number of pyridine rings is 2. The van der Waals surface area contributed by atoms with Gasteiger partial charge in [-0.25, -0.2) is 0 Å². The fraction of sp³-hybridized carbons (Fsp3) is 0.208. The zero-order valence-corrected chi connectivity index (χ0v) is 17.2. The second-order valence-electron chi connectivity index (χ2n) is 6.90. The Labute approximate surface area is 176 Å². The number of fused-ring (bicyclic) bond motifs is 3. The first-order chi connectivity index (χ1) is 14.5. The van der Waals surface area contributed by atoms with Crippen LogP contribution in [-0.4, -0.2) is 35.2 Å². The molecule has 0 radical (unpaired) electrons. The molecule has 0 bridgehead atoms. The maximum absolute atomic E-state index is 13.0. The van der Waals surface area contributed by atoms with Gasteiger partial charge in [0.05, 0.1) is 23.6 Å². The number of rotatable bonds is 8. The SMILES string of the molecule is C=C/C=C(\C=C)[C@@H](C)NC(=O)c1ccc2c3ccncc3c(=O)n(CCOC)c2c1.[HH]. The number of allylic oxidation sites excluding steroid dienone is 2. The Morgan fingerprint density at radius 2 is 2.10 bits per heavy atom. The van der Waals surface area contributed by atoms with E-state index in [1.165, 1.54) is 0 Å². The molecule has 6 heteroatoms. The Morgan fingerprint density at radius 3 is 2.80 bits per heavy atom.